The van der Waals surface area contributed by atoms with E-state index in [0.29, 0.717) is 4.90 Å². The largest absolute Gasteiger partial charge is 0.264 e. The molecule has 0 spiro atoms. The van der Waals surface area contributed by atoms with Crippen LogP contribution in [0.4, 0.5) is 5.69 Å². The van der Waals surface area contributed by atoms with Crippen LogP contribution in [0.3, 0.4) is 0 Å². The van der Waals surface area contributed by atoms with Gasteiger partial charge in [0.05, 0.1) is 16.6 Å². The van der Waals surface area contributed by atoms with Gasteiger partial charge in [0, 0.05) is 5.92 Å². The lowest BCUT2D eigenvalue weighted by atomic mass is 9.79. The maximum Gasteiger partial charge on any atom is 0.264 e. The zero-order valence-electron chi connectivity index (χ0n) is 15.4. The van der Waals surface area contributed by atoms with E-state index >= 15 is 0 Å². The molecule has 0 N–H and O–H groups in total. The van der Waals surface area contributed by atoms with E-state index in [1.54, 1.807) is 16.4 Å². The second-order valence-electron chi connectivity index (χ2n) is 7.82. The lowest BCUT2D eigenvalue weighted by Gasteiger charge is -2.40. The Morgan fingerprint density at radius 3 is 2.44 bits per heavy atom. The van der Waals surface area contributed by atoms with Gasteiger partial charge in [-0.25, -0.2) is 8.42 Å². The van der Waals surface area contributed by atoms with Crippen molar-refractivity contribution in [3.63, 3.8) is 0 Å². The number of anilines is 1. The molecule has 1 heterocycles. The van der Waals surface area contributed by atoms with Crippen molar-refractivity contribution in [1.29, 1.82) is 0 Å². The average Bonchev–Trinajstić information content (AvgIpc) is 3.01. The third-order valence-electron chi connectivity index (χ3n) is 6.17. The smallest absolute Gasteiger partial charge is 0.259 e. The fourth-order valence-electron chi connectivity index (χ4n) is 4.55. The lowest BCUT2D eigenvalue weighted by molar-refractivity contribution is 0.513. The van der Waals surface area contributed by atoms with Crippen LogP contribution >= 0.6 is 0 Å². The molecule has 0 saturated heterocycles. The summed E-state index contributed by atoms with van der Waals surface area (Å²) >= 11 is 0. The Kier molecular flexibility index (Phi) is 3.80. The minimum absolute atomic E-state index is 0.130. The van der Waals surface area contributed by atoms with Gasteiger partial charge in [-0.1, -0.05) is 53.6 Å². The molecule has 0 bridgehead atoms. The summed E-state index contributed by atoms with van der Waals surface area (Å²) < 4.78 is 29.0. The molecule has 4 heteroatoms. The summed E-state index contributed by atoms with van der Waals surface area (Å²) in [5.41, 5.74) is 5.90. The van der Waals surface area contributed by atoms with Gasteiger partial charge < -0.3 is 0 Å². The summed E-state index contributed by atoms with van der Waals surface area (Å²) in [6.45, 7) is 1.97. The summed E-state index contributed by atoms with van der Waals surface area (Å²) in [7, 11) is -3.62. The van der Waals surface area contributed by atoms with E-state index in [4.69, 9.17) is 0 Å². The van der Waals surface area contributed by atoms with Crippen LogP contribution in [0, 0.1) is 12.8 Å². The Hall–Kier alpha value is -2.33. The molecule has 0 amide bonds. The molecule has 1 saturated carbocycles. The van der Waals surface area contributed by atoms with E-state index in [2.05, 4.69) is 18.2 Å². The standard InChI is InChI=1S/C23H23NO2S/c1-16-9-11-19(12-10-16)27(25,26)24-22-8-3-2-5-18(22)15-21-20(13-14-23(21)24)17-6-4-7-17/h2-3,5,8-14,21,23H,4,6-7,15H2,1H3/t21-,23+/m0/s1. The predicted molar refractivity (Wildman–Crippen MR) is 108 cm³/mol. The number of rotatable bonds is 2. The van der Waals surface area contributed by atoms with E-state index in [9.17, 15) is 8.42 Å². The van der Waals surface area contributed by atoms with Gasteiger partial charge in [0.1, 0.15) is 0 Å². The van der Waals surface area contributed by atoms with Crippen molar-refractivity contribution in [1.82, 2.24) is 0 Å². The van der Waals surface area contributed by atoms with Crippen LogP contribution in [-0.2, 0) is 16.4 Å². The van der Waals surface area contributed by atoms with Crippen LogP contribution in [0.5, 0.6) is 0 Å². The summed E-state index contributed by atoms with van der Waals surface area (Å²) in [6.07, 6.45) is 8.78. The molecular formula is C23H23NO2S. The highest BCUT2D eigenvalue weighted by atomic mass is 32.2. The van der Waals surface area contributed by atoms with Crippen molar-refractivity contribution in [2.75, 3.05) is 4.31 Å². The first-order valence-corrected chi connectivity index (χ1v) is 11.1. The van der Waals surface area contributed by atoms with Gasteiger partial charge >= 0.3 is 0 Å². The zero-order chi connectivity index (χ0) is 18.6. The van der Waals surface area contributed by atoms with Gasteiger partial charge in [-0.2, -0.15) is 0 Å². The molecule has 0 unspecified atom stereocenters. The van der Waals surface area contributed by atoms with Gasteiger partial charge in [-0.3, -0.25) is 4.31 Å². The molecule has 0 aromatic heterocycles. The van der Waals surface area contributed by atoms with E-state index < -0.39 is 10.0 Å². The van der Waals surface area contributed by atoms with Crippen molar-refractivity contribution in [2.45, 2.75) is 43.5 Å². The van der Waals surface area contributed by atoms with Crippen molar-refractivity contribution in [3.8, 4) is 0 Å². The van der Waals surface area contributed by atoms with E-state index in [1.165, 1.54) is 17.6 Å². The van der Waals surface area contributed by atoms with Gasteiger partial charge in [-0.15, -0.1) is 0 Å². The topological polar surface area (TPSA) is 37.4 Å². The number of hydrogen-bond donors (Lipinski definition) is 0. The van der Waals surface area contributed by atoms with Gasteiger partial charge in [-0.05, 0) is 61.9 Å². The first kappa shape index (κ1) is 16.8. The van der Waals surface area contributed by atoms with E-state index in [-0.39, 0.29) is 12.0 Å². The monoisotopic (exact) mass is 377 g/mol. The summed E-state index contributed by atoms with van der Waals surface area (Å²) in [4.78, 5) is 0.363. The molecule has 2 aliphatic carbocycles. The summed E-state index contributed by atoms with van der Waals surface area (Å²) in [5.74, 6) is 0.232. The Morgan fingerprint density at radius 2 is 1.74 bits per heavy atom. The molecule has 1 aliphatic heterocycles. The van der Waals surface area contributed by atoms with Crippen LogP contribution in [0.2, 0.25) is 0 Å². The van der Waals surface area contributed by atoms with E-state index in [1.807, 2.05) is 37.3 Å². The number of allylic oxidation sites excluding steroid dienone is 2. The second kappa shape index (κ2) is 6.10. The predicted octanol–water partition coefficient (Wildman–Crippen LogP) is 4.78. The molecule has 3 aliphatic rings. The van der Waals surface area contributed by atoms with Gasteiger partial charge in [0.15, 0.2) is 0 Å². The third-order valence-corrected chi connectivity index (χ3v) is 7.99. The van der Waals surface area contributed by atoms with Gasteiger partial charge in [0.25, 0.3) is 10.0 Å². The molecule has 27 heavy (non-hydrogen) atoms. The van der Waals surface area contributed by atoms with Crippen molar-refractivity contribution >= 4 is 15.7 Å². The number of hydrogen-bond acceptors (Lipinski definition) is 2. The molecule has 138 valence electrons. The van der Waals surface area contributed by atoms with Crippen molar-refractivity contribution < 1.29 is 8.42 Å². The molecule has 5 rings (SSSR count). The molecule has 2 aromatic carbocycles. The highest BCUT2D eigenvalue weighted by Crippen LogP contribution is 2.46. The van der Waals surface area contributed by atoms with Crippen LogP contribution in [0.25, 0.3) is 0 Å². The number of para-hydroxylation sites is 1. The number of fused-ring (bicyclic) bond motifs is 2. The first-order chi connectivity index (χ1) is 13.1. The molecule has 3 nitrogen and oxygen atoms in total. The Bertz CT molecular complexity index is 1060. The summed E-state index contributed by atoms with van der Waals surface area (Å²) in [6, 6.07) is 15.0. The molecule has 2 atom stereocenters. The van der Waals surface area contributed by atoms with Crippen LogP contribution in [0.1, 0.15) is 30.4 Å². The number of aryl methyl sites for hydroxylation is 1. The minimum atomic E-state index is -3.62. The highest BCUT2D eigenvalue weighted by Gasteiger charge is 2.44. The lowest BCUT2D eigenvalue weighted by Crippen LogP contribution is -2.46. The minimum Gasteiger partial charge on any atom is -0.259 e. The zero-order valence-corrected chi connectivity index (χ0v) is 16.2. The molecule has 0 radical (unpaired) electrons. The van der Waals surface area contributed by atoms with Crippen molar-refractivity contribution in [3.05, 3.63) is 83.0 Å². The fourth-order valence-corrected chi connectivity index (χ4v) is 6.23. The number of benzene rings is 2. The number of sulfonamides is 1. The van der Waals surface area contributed by atoms with Crippen LogP contribution in [-0.4, -0.2) is 14.5 Å². The molecular weight excluding hydrogens is 354 g/mol. The molecule has 1 fully saturated rings. The van der Waals surface area contributed by atoms with Crippen molar-refractivity contribution in [2.24, 2.45) is 5.92 Å². The van der Waals surface area contributed by atoms with Crippen LogP contribution in [0.15, 0.2) is 76.7 Å². The third kappa shape index (κ3) is 2.58. The second-order valence-corrected chi connectivity index (χ2v) is 9.63. The van der Waals surface area contributed by atoms with Gasteiger partial charge in [0.2, 0.25) is 0 Å². The van der Waals surface area contributed by atoms with Crippen LogP contribution < -0.4 is 4.31 Å². The summed E-state index contributed by atoms with van der Waals surface area (Å²) in [5, 5.41) is 0. The first-order valence-electron chi connectivity index (χ1n) is 9.65. The number of nitrogens with zero attached hydrogens (tertiary/aromatic N) is 1. The fraction of sp³-hybridized carbons (Fsp3) is 0.304. The Morgan fingerprint density at radius 1 is 1.00 bits per heavy atom. The SMILES string of the molecule is Cc1ccc(S(=O)(=O)N2c3ccccc3C[C@H]3C(=C4CCC4)C=C[C@H]32)cc1. The molecule has 2 aromatic rings. The highest BCUT2D eigenvalue weighted by molar-refractivity contribution is 7.92. The maximum atomic E-state index is 13.6. The quantitative estimate of drug-likeness (QED) is 0.755. The maximum absolute atomic E-state index is 13.6. The Balaban J connectivity index is 1.66. The average molecular weight is 378 g/mol. The van der Waals surface area contributed by atoms with E-state index in [0.717, 1.165) is 36.1 Å². The normalized spacial score (nSPS) is 23.8. The Labute approximate surface area is 161 Å².